The number of likely N-dealkylation sites (N-methyl/N-ethyl adjacent to an activating group) is 1. The second-order valence-corrected chi connectivity index (χ2v) is 11.1. The number of nitrogens with zero attached hydrogens (tertiary/aromatic N) is 4. The van der Waals surface area contributed by atoms with E-state index < -0.39 is 4.92 Å². The molecule has 0 atom stereocenters. The van der Waals surface area contributed by atoms with Crippen LogP contribution in [-0.2, 0) is 22.6 Å². The van der Waals surface area contributed by atoms with Crippen molar-refractivity contribution in [2.75, 3.05) is 44.9 Å². The molecule has 0 unspecified atom stereocenters. The lowest BCUT2D eigenvalue weighted by Crippen LogP contribution is -2.36. The molecule has 0 bridgehead atoms. The zero-order chi connectivity index (χ0) is 31.1. The SMILES string of the molecule is C=CCc1cc(/C=C2\SC(=Nc3ccc(N4CCOCC4)cc3)N(C)C2=O)cc(OCC)c1OCc1cccc([N+](=O)[O-])c1. The Morgan fingerprint density at radius 2 is 1.89 bits per heavy atom. The topological polar surface area (TPSA) is 107 Å². The number of non-ortho nitro benzene ring substituents is 1. The fourth-order valence-electron chi connectivity index (χ4n) is 4.89. The zero-order valence-corrected chi connectivity index (χ0v) is 25.5. The molecular weight excluding hydrogens is 580 g/mol. The van der Waals surface area contributed by atoms with Gasteiger partial charge in [0.25, 0.3) is 11.6 Å². The lowest BCUT2D eigenvalue weighted by molar-refractivity contribution is -0.384. The number of ether oxygens (including phenoxy) is 3. The lowest BCUT2D eigenvalue weighted by atomic mass is 10.0. The van der Waals surface area contributed by atoms with Crippen LogP contribution in [0.15, 0.2) is 83.2 Å². The number of allylic oxidation sites excluding steroid dienone is 1. The smallest absolute Gasteiger partial charge is 0.269 e. The number of nitro benzene ring substituents is 1. The number of thioether (sulfide) groups is 1. The molecule has 5 rings (SSSR count). The van der Waals surface area contributed by atoms with E-state index in [1.165, 1.54) is 23.9 Å². The van der Waals surface area contributed by atoms with E-state index in [4.69, 9.17) is 19.2 Å². The van der Waals surface area contributed by atoms with E-state index in [0.717, 1.165) is 48.8 Å². The van der Waals surface area contributed by atoms with Gasteiger partial charge in [0.2, 0.25) is 0 Å². The van der Waals surface area contributed by atoms with Gasteiger partial charge in [0.05, 0.1) is 35.3 Å². The first-order valence-corrected chi connectivity index (χ1v) is 15.1. The minimum Gasteiger partial charge on any atom is -0.490 e. The van der Waals surface area contributed by atoms with Crippen LogP contribution in [-0.4, -0.2) is 60.9 Å². The minimum atomic E-state index is -0.432. The number of aliphatic imine (C=N–C) groups is 1. The molecule has 44 heavy (non-hydrogen) atoms. The van der Waals surface area contributed by atoms with Crippen molar-refractivity contribution in [3.05, 3.63) is 105 Å². The summed E-state index contributed by atoms with van der Waals surface area (Å²) in [5.41, 5.74) is 4.15. The predicted octanol–water partition coefficient (Wildman–Crippen LogP) is 6.37. The summed E-state index contributed by atoms with van der Waals surface area (Å²) in [7, 11) is 1.72. The van der Waals surface area contributed by atoms with E-state index in [-0.39, 0.29) is 18.2 Å². The average molecular weight is 615 g/mol. The monoisotopic (exact) mass is 614 g/mol. The maximum Gasteiger partial charge on any atom is 0.269 e. The van der Waals surface area contributed by atoms with Crippen molar-refractivity contribution in [1.29, 1.82) is 0 Å². The van der Waals surface area contributed by atoms with Crippen molar-refractivity contribution in [3.63, 3.8) is 0 Å². The second-order valence-electron chi connectivity index (χ2n) is 10.1. The van der Waals surface area contributed by atoms with Crippen molar-refractivity contribution < 1.29 is 23.9 Å². The van der Waals surface area contributed by atoms with Crippen LogP contribution < -0.4 is 14.4 Å². The zero-order valence-electron chi connectivity index (χ0n) is 24.7. The molecule has 2 heterocycles. The number of hydrogen-bond donors (Lipinski definition) is 0. The van der Waals surface area contributed by atoms with Crippen LogP contribution in [0.1, 0.15) is 23.6 Å². The Bertz CT molecular complexity index is 1600. The van der Waals surface area contributed by atoms with Crippen molar-refractivity contribution >= 4 is 46.0 Å². The van der Waals surface area contributed by atoms with Crippen LogP contribution in [0.3, 0.4) is 0 Å². The molecule has 2 fully saturated rings. The third-order valence-corrected chi connectivity index (χ3v) is 8.13. The second kappa shape index (κ2) is 14.2. The number of benzene rings is 3. The summed E-state index contributed by atoms with van der Waals surface area (Å²) in [6, 6.07) is 18.1. The molecule has 0 aliphatic carbocycles. The molecule has 2 saturated heterocycles. The van der Waals surface area contributed by atoms with E-state index in [2.05, 4.69) is 11.5 Å². The van der Waals surface area contributed by atoms with Gasteiger partial charge in [0.1, 0.15) is 6.61 Å². The molecule has 10 nitrogen and oxygen atoms in total. The molecule has 3 aromatic carbocycles. The van der Waals surface area contributed by atoms with E-state index >= 15 is 0 Å². The van der Waals surface area contributed by atoms with Crippen LogP contribution in [0.4, 0.5) is 17.1 Å². The molecule has 228 valence electrons. The van der Waals surface area contributed by atoms with Gasteiger partial charge < -0.3 is 19.1 Å². The number of hydrogen-bond acceptors (Lipinski definition) is 9. The van der Waals surface area contributed by atoms with Crippen LogP contribution in [0, 0.1) is 10.1 Å². The van der Waals surface area contributed by atoms with E-state index in [0.29, 0.717) is 40.2 Å². The first-order chi connectivity index (χ1) is 21.4. The lowest BCUT2D eigenvalue weighted by Gasteiger charge is -2.28. The van der Waals surface area contributed by atoms with Crippen LogP contribution in [0.2, 0.25) is 0 Å². The number of rotatable bonds is 11. The summed E-state index contributed by atoms with van der Waals surface area (Å²) in [5, 5.41) is 11.8. The van der Waals surface area contributed by atoms with Gasteiger partial charge in [-0.05, 0) is 78.7 Å². The van der Waals surface area contributed by atoms with Crippen molar-refractivity contribution in [2.24, 2.45) is 4.99 Å². The third-order valence-electron chi connectivity index (χ3n) is 7.07. The Morgan fingerprint density at radius 3 is 2.59 bits per heavy atom. The fourth-order valence-corrected chi connectivity index (χ4v) is 5.88. The highest BCUT2D eigenvalue weighted by molar-refractivity contribution is 8.18. The maximum absolute atomic E-state index is 13.2. The number of amidine groups is 1. The molecule has 11 heteroatoms. The van der Waals surface area contributed by atoms with Crippen LogP contribution in [0.25, 0.3) is 6.08 Å². The summed E-state index contributed by atoms with van der Waals surface area (Å²) in [4.78, 5) is 33.1. The molecule has 2 aliphatic rings. The number of carbonyl (C=O) groups excluding carboxylic acids is 1. The van der Waals surface area contributed by atoms with Crippen molar-refractivity contribution in [2.45, 2.75) is 20.0 Å². The maximum atomic E-state index is 13.2. The van der Waals surface area contributed by atoms with Gasteiger partial charge in [-0.2, -0.15) is 0 Å². The number of nitro groups is 1. The highest BCUT2D eigenvalue weighted by Gasteiger charge is 2.30. The van der Waals surface area contributed by atoms with Gasteiger partial charge in [0.15, 0.2) is 16.7 Å². The third kappa shape index (κ3) is 7.29. The number of carbonyl (C=O) groups is 1. The molecule has 0 spiro atoms. The Balaban J connectivity index is 1.38. The summed E-state index contributed by atoms with van der Waals surface area (Å²) in [6.45, 7) is 9.45. The van der Waals surface area contributed by atoms with Crippen LogP contribution in [0.5, 0.6) is 11.5 Å². The van der Waals surface area contributed by atoms with Crippen molar-refractivity contribution in [1.82, 2.24) is 4.90 Å². The summed E-state index contributed by atoms with van der Waals surface area (Å²) >= 11 is 1.32. The van der Waals surface area contributed by atoms with E-state index in [1.54, 1.807) is 30.2 Å². The van der Waals surface area contributed by atoms with Crippen molar-refractivity contribution in [3.8, 4) is 11.5 Å². The highest BCUT2D eigenvalue weighted by atomic mass is 32.2. The Labute approximate surface area is 260 Å². The number of anilines is 1. The van der Waals surface area contributed by atoms with Crippen LogP contribution >= 0.6 is 11.8 Å². The van der Waals surface area contributed by atoms with Gasteiger partial charge in [-0.15, -0.1) is 6.58 Å². The first-order valence-electron chi connectivity index (χ1n) is 14.3. The van der Waals surface area contributed by atoms with Gasteiger partial charge in [-0.3, -0.25) is 19.8 Å². The highest BCUT2D eigenvalue weighted by Crippen LogP contribution is 2.38. The Kier molecular flexibility index (Phi) is 9.98. The summed E-state index contributed by atoms with van der Waals surface area (Å²) < 4.78 is 17.6. The van der Waals surface area contributed by atoms with Gasteiger partial charge in [0, 0.05) is 43.5 Å². The fraction of sp³-hybridized carbons (Fsp3) is 0.273. The predicted molar refractivity (Wildman–Crippen MR) is 174 cm³/mol. The summed E-state index contributed by atoms with van der Waals surface area (Å²) in [5.74, 6) is 0.904. The van der Waals surface area contributed by atoms with E-state index in [1.807, 2.05) is 49.4 Å². The molecule has 0 N–H and O–H groups in total. The van der Waals surface area contributed by atoms with Gasteiger partial charge in [-0.25, -0.2) is 4.99 Å². The molecule has 0 aromatic heterocycles. The largest absolute Gasteiger partial charge is 0.490 e. The molecule has 2 aliphatic heterocycles. The van der Waals surface area contributed by atoms with Gasteiger partial charge >= 0.3 is 0 Å². The molecular formula is C33H34N4O6S. The van der Waals surface area contributed by atoms with Gasteiger partial charge in [-0.1, -0.05) is 18.2 Å². The van der Waals surface area contributed by atoms with E-state index in [9.17, 15) is 14.9 Å². The average Bonchev–Trinajstić information content (AvgIpc) is 3.29. The number of morpholine rings is 1. The Hall–Kier alpha value is -4.61. The Morgan fingerprint density at radius 1 is 1.11 bits per heavy atom. The quantitative estimate of drug-likeness (QED) is 0.106. The summed E-state index contributed by atoms with van der Waals surface area (Å²) in [6.07, 6.45) is 4.09. The normalized spacial score (nSPS) is 16.9. The molecule has 3 aromatic rings. The molecule has 0 saturated carbocycles. The first kappa shape index (κ1) is 30.8. The number of amides is 1. The minimum absolute atomic E-state index is 0.000954. The molecule has 0 radical (unpaired) electrons. The standard InChI is InChI=1S/C33H34N4O6S/c1-4-7-25-18-24(20-29(42-5-2)31(25)43-22-23-8-6-9-28(19-23)37(39)40)21-30-32(38)35(3)33(44-30)34-26-10-12-27(13-11-26)36-14-16-41-17-15-36/h4,6,8-13,18-21H,1,5,7,14-17,22H2,2-3H3/b30-21-,34-33?. The molecule has 1 amide bonds.